The van der Waals surface area contributed by atoms with E-state index in [0.717, 1.165) is 18.5 Å². The number of hydrogen-bond donors (Lipinski definition) is 2. The van der Waals surface area contributed by atoms with Gasteiger partial charge in [0.2, 0.25) is 5.91 Å². The molecule has 4 fully saturated rings. The molecule has 7 nitrogen and oxygen atoms in total. The van der Waals surface area contributed by atoms with Crippen LogP contribution in [0.3, 0.4) is 0 Å². The quantitative estimate of drug-likeness (QED) is 0.175. The van der Waals surface area contributed by atoms with E-state index in [0.29, 0.717) is 48.1 Å². The van der Waals surface area contributed by atoms with E-state index in [1.165, 1.54) is 68.8 Å². The molecule has 8 heteroatoms. The zero-order valence-electron chi connectivity index (χ0n) is 33.3. The van der Waals surface area contributed by atoms with Crippen LogP contribution in [0.15, 0.2) is 42.5 Å². The van der Waals surface area contributed by atoms with Crippen molar-refractivity contribution >= 4 is 27.3 Å². The van der Waals surface area contributed by atoms with Crippen LogP contribution in [-0.4, -0.2) is 69.0 Å². The highest BCUT2D eigenvalue weighted by Crippen LogP contribution is 2.77. The van der Waals surface area contributed by atoms with Crippen molar-refractivity contribution in [3.05, 3.63) is 53.6 Å². The summed E-state index contributed by atoms with van der Waals surface area (Å²) >= 11 is 0. The van der Waals surface area contributed by atoms with Crippen molar-refractivity contribution in [1.29, 1.82) is 0 Å². The third-order valence-corrected chi connectivity index (χ3v) is 17.4. The molecule has 2 N–H and O–H groups in total. The topological polar surface area (TPSA) is 104 Å². The summed E-state index contributed by atoms with van der Waals surface area (Å²) in [5, 5.41) is 13.2. The highest BCUT2D eigenvalue weighted by molar-refractivity contribution is 7.90. The Morgan fingerprint density at radius 3 is 2.27 bits per heavy atom. The minimum Gasteiger partial charge on any atom is -0.478 e. The van der Waals surface area contributed by atoms with E-state index in [4.69, 9.17) is 0 Å². The third-order valence-electron chi connectivity index (χ3n) is 16.5. The summed E-state index contributed by atoms with van der Waals surface area (Å²) in [7, 11) is -1.40. The number of allylic oxidation sites excluding steroid dienone is 3. The predicted molar refractivity (Wildman–Crippen MR) is 211 cm³/mol. The van der Waals surface area contributed by atoms with Crippen molar-refractivity contribution in [3.8, 4) is 0 Å². The van der Waals surface area contributed by atoms with Crippen LogP contribution < -0.4 is 5.32 Å². The number of nitrogens with one attached hydrogen (secondary N) is 1. The normalized spacial score (nSPS) is 37.8. The standard InChI is InChI=1S/C44H66N2O5S/c1-29(2)32-16-22-44(28-45-25-19-37(47)46(8)26-27-52(9,50)51)24-23-42(6)34(38(32)44)14-15-36-41(5)20-17-33(30-10-12-31(13-11-30)39(48)49)40(3,4)35(41)18-21-43(36,42)7/h10-13,17,32,34-36,38,45H,1,14-16,18-28H2,2-9H3,(H,48,49)/t32-,34+,35-,36+,38+,41-,42+,43+,44+/m0/s1. The second-order valence-electron chi connectivity index (χ2n) is 19.3. The lowest BCUT2D eigenvalue weighted by molar-refractivity contribution is -0.225. The molecule has 0 aromatic heterocycles. The first-order valence-electron chi connectivity index (χ1n) is 20.0. The number of carbonyl (C=O) groups excluding carboxylic acids is 1. The molecule has 0 spiro atoms. The molecule has 0 aliphatic heterocycles. The van der Waals surface area contributed by atoms with E-state index in [1.54, 1.807) is 24.1 Å². The first-order chi connectivity index (χ1) is 24.2. The minimum atomic E-state index is -3.11. The number of hydrogen-bond acceptors (Lipinski definition) is 5. The van der Waals surface area contributed by atoms with Gasteiger partial charge in [0, 0.05) is 39.4 Å². The third kappa shape index (κ3) is 6.43. The minimum absolute atomic E-state index is 0.00441. The van der Waals surface area contributed by atoms with Gasteiger partial charge in [0.15, 0.2) is 0 Å². The summed E-state index contributed by atoms with van der Waals surface area (Å²) in [6.07, 6.45) is 15.1. The smallest absolute Gasteiger partial charge is 0.335 e. The van der Waals surface area contributed by atoms with Gasteiger partial charge in [0.05, 0.1) is 11.3 Å². The zero-order valence-corrected chi connectivity index (χ0v) is 34.1. The maximum atomic E-state index is 12.8. The second kappa shape index (κ2) is 13.7. The number of carboxylic acid groups (broad SMARTS) is 1. The number of fused-ring (bicyclic) bond motifs is 7. The van der Waals surface area contributed by atoms with Crippen LogP contribution >= 0.6 is 0 Å². The summed E-state index contributed by atoms with van der Waals surface area (Å²) in [5.74, 6) is 2.09. The van der Waals surface area contributed by atoms with Crippen LogP contribution in [0, 0.1) is 56.7 Å². The van der Waals surface area contributed by atoms with Gasteiger partial charge in [0.25, 0.3) is 0 Å². The Kier molecular flexibility index (Phi) is 10.3. The Hall–Kier alpha value is -2.45. The molecule has 5 aliphatic rings. The lowest BCUT2D eigenvalue weighted by Crippen LogP contribution is -2.65. The maximum absolute atomic E-state index is 12.8. The molecule has 0 saturated heterocycles. The summed E-state index contributed by atoms with van der Waals surface area (Å²) in [5.41, 5.74) is 5.11. The molecule has 4 saturated carbocycles. The van der Waals surface area contributed by atoms with Crippen LogP contribution in [0.4, 0.5) is 0 Å². The summed E-state index contributed by atoms with van der Waals surface area (Å²) in [6, 6.07) is 7.54. The predicted octanol–water partition coefficient (Wildman–Crippen LogP) is 8.52. The van der Waals surface area contributed by atoms with E-state index < -0.39 is 15.8 Å². The number of carboxylic acids is 1. The van der Waals surface area contributed by atoms with Crippen molar-refractivity contribution in [2.24, 2.45) is 56.7 Å². The highest BCUT2D eigenvalue weighted by Gasteiger charge is 2.70. The average Bonchev–Trinajstić information content (AvgIpc) is 3.45. The van der Waals surface area contributed by atoms with Gasteiger partial charge in [0.1, 0.15) is 9.84 Å². The van der Waals surface area contributed by atoms with Crippen molar-refractivity contribution < 1.29 is 23.1 Å². The fourth-order valence-electron chi connectivity index (χ4n) is 13.6. The first-order valence-corrected chi connectivity index (χ1v) is 22.1. The number of sulfone groups is 1. The average molecular weight is 735 g/mol. The largest absolute Gasteiger partial charge is 0.478 e. The van der Waals surface area contributed by atoms with Crippen molar-refractivity contribution in [3.63, 3.8) is 0 Å². The molecule has 0 bridgehead atoms. The highest BCUT2D eigenvalue weighted by atomic mass is 32.2. The second-order valence-corrected chi connectivity index (χ2v) is 21.6. The maximum Gasteiger partial charge on any atom is 0.335 e. The molecule has 1 aromatic rings. The van der Waals surface area contributed by atoms with Crippen LogP contribution in [0.5, 0.6) is 0 Å². The molecule has 0 radical (unpaired) electrons. The van der Waals surface area contributed by atoms with Crippen LogP contribution in [0.1, 0.15) is 122 Å². The number of benzene rings is 1. The lowest BCUT2D eigenvalue weighted by atomic mass is 9.32. The van der Waals surface area contributed by atoms with Gasteiger partial charge in [-0.15, -0.1) is 0 Å². The van der Waals surface area contributed by atoms with E-state index in [1.807, 2.05) is 12.1 Å². The number of nitrogens with zero attached hydrogens (tertiary/aromatic N) is 1. The molecule has 0 unspecified atom stereocenters. The Morgan fingerprint density at radius 1 is 0.942 bits per heavy atom. The van der Waals surface area contributed by atoms with E-state index in [2.05, 4.69) is 59.5 Å². The van der Waals surface area contributed by atoms with Crippen LogP contribution in [0.25, 0.3) is 5.57 Å². The van der Waals surface area contributed by atoms with Crippen LogP contribution in [-0.2, 0) is 14.6 Å². The van der Waals surface area contributed by atoms with Crippen LogP contribution in [0.2, 0.25) is 0 Å². The molecule has 0 heterocycles. The molecule has 9 atom stereocenters. The number of carbonyl (C=O) groups is 2. The van der Waals surface area contributed by atoms with Crippen molar-refractivity contribution in [2.75, 3.05) is 38.7 Å². The van der Waals surface area contributed by atoms with E-state index in [-0.39, 0.29) is 45.3 Å². The summed E-state index contributed by atoms with van der Waals surface area (Å²) in [4.78, 5) is 25.9. The van der Waals surface area contributed by atoms with Gasteiger partial charge in [-0.25, -0.2) is 13.2 Å². The van der Waals surface area contributed by atoms with Gasteiger partial charge >= 0.3 is 5.97 Å². The Balaban J connectivity index is 1.21. The fraction of sp³-hybridized carbons (Fsp3) is 0.727. The lowest BCUT2D eigenvalue weighted by Gasteiger charge is -2.72. The van der Waals surface area contributed by atoms with Gasteiger partial charge in [-0.1, -0.05) is 65.0 Å². The Bertz CT molecular complexity index is 1720. The van der Waals surface area contributed by atoms with E-state index >= 15 is 0 Å². The SMILES string of the molecule is C=C(C)[C@@H]1CC[C@]2(CNCCC(=O)N(C)CCS(C)(=O)=O)CC[C@]3(C)[C@H](CC[C@@H]4[C@@]5(C)CC=C(c6ccc(C(=O)O)cc6)C(C)(C)[C@@H]5CC[C@]43C)[C@@H]12. The summed E-state index contributed by atoms with van der Waals surface area (Å²) in [6.45, 7) is 21.5. The first kappa shape index (κ1) is 39.2. The van der Waals surface area contributed by atoms with Crippen molar-refractivity contribution in [2.45, 2.75) is 106 Å². The number of aromatic carboxylic acids is 1. The number of rotatable bonds is 11. The molecular formula is C44H66N2O5S. The molecule has 1 aromatic carbocycles. The monoisotopic (exact) mass is 734 g/mol. The zero-order chi connectivity index (χ0) is 38.1. The fourth-order valence-corrected chi connectivity index (χ4v) is 14.2. The van der Waals surface area contributed by atoms with Gasteiger partial charge in [-0.3, -0.25) is 4.79 Å². The summed E-state index contributed by atoms with van der Waals surface area (Å²) < 4.78 is 23.2. The van der Waals surface area contributed by atoms with Gasteiger partial charge in [-0.2, -0.15) is 0 Å². The number of amides is 1. The Morgan fingerprint density at radius 2 is 1.63 bits per heavy atom. The van der Waals surface area contributed by atoms with E-state index in [9.17, 15) is 23.1 Å². The molecule has 6 rings (SSSR count). The van der Waals surface area contributed by atoms with Gasteiger partial charge in [-0.05, 0) is 145 Å². The molecule has 1 amide bonds. The molecule has 288 valence electrons. The van der Waals surface area contributed by atoms with Crippen molar-refractivity contribution in [1.82, 2.24) is 10.2 Å². The molecule has 52 heavy (non-hydrogen) atoms. The Labute approximate surface area is 314 Å². The molecular weight excluding hydrogens is 669 g/mol. The van der Waals surface area contributed by atoms with Gasteiger partial charge < -0.3 is 15.3 Å². The molecule has 5 aliphatic carbocycles.